The fourth-order valence-corrected chi connectivity index (χ4v) is 1.70. The van der Waals surface area contributed by atoms with E-state index in [9.17, 15) is 9.59 Å². The quantitative estimate of drug-likeness (QED) is 0.360. The molecule has 14 heavy (non-hydrogen) atoms. The number of rotatable bonds is 8. The molecule has 0 aromatic rings. The maximum absolute atomic E-state index is 10.6. The number of hydrogen-bond acceptors (Lipinski definition) is 3. The predicted molar refractivity (Wildman–Crippen MR) is 57.4 cm³/mol. The van der Waals surface area contributed by atoms with Crippen molar-refractivity contribution in [1.29, 1.82) is 0 Å². The third-order valence-electron chi connectivity index (χ3n) is 1.47. The minimum Gasteiger partial charge on any atom is -0.480 e. The van der Waals surface area contributed by atoms with Gasteiger partial charge < -0.3 is 10.4 Å². The Balaban J connectivity index is 3.66. The van der Waals surface area contributed by atoms with E-state index < -0.39 is 12.0 Å². The van der Waals surface area contributed by atoms with E-state index in [1.165, 1.54) is 0 Å². The zero-order chi connectivity index (χ0) is 11.0. The molecule has 1 amide bonds. The van der Waals surface area contributed by atoms with Gasteiger partial charge in [-0.25, -0.2) is 4.79 Å². The molecule has 2 N–H and O–H groups in total. The molecule has 0 saturated heterocycles. The minimum absolute atomic E-state index is 0.419. The van der Waals surface area contributed by atoms with E-state index in [1.807, 2.05) is 6.92 Å². The van der Waals surface area contributed by atoms with E-state index >= 15 is 0 Å². The van der Waals surface area contributed by atoms with Crippen LogP contribution >= 0.6 is 11.8 Å². The highest BCUT2D eigenvalue weighted by atomic mass is 32.2. The van der Waals surface area contributed by atoms with Gasteiger partial charge in [0.25, 0.3) is 0 Å². The number of thioether (sulfide) groups is 1. The lowest BCUT2D eigenvalue weighted by Gasteiger charge is -2.10. The smallest absolute Gasteiger partial charge is 0.326 e. The second kappa shape index (κ2) is 7.44. The average Bonchev–Trinajstić information content (AvgIpc) is 2.09. The van der Waals surface area contributed by atoms with Crippen molar-refractivity contribution in [3.8, 4) is 0 Å². The molecule has 0 bridgehead atoms. The van der Waals surface area contributed by atoms with Gasteiger partial charge in [0.1, 0.15) is 6.04 Å². The molecule has 4 nitrogen and oxygen atoms in total. The maximum Gasteiger partial charge on any atom is 0.326 e. The van der Waals surface area contributed by atoms with Gasteiger partial charge in [-0.3, -0.25) is 4.79 Å². The van der Waals surface area contributed by atoms with Crippen LogP contribution in [0.4, 0.5) is 0 Å². The number of nitrogens with one attached hydrogen (secondary N) is 1. The van der Waals surface area contributed by atoms with Crippen LogP contribution in [0, 0.1) is 0 Å². The van der Waals surface area contributed by atoms with Crippen molar-refractivity contribution in [2.75, 3.05) is 11.5 Å². The Hall–Kier alpha value is -0.970. The third-order valence-corrected chi connectivity index (χ3v) is 2.69. The summed E-state index contributed by atoms with van der Waals surface area (Å²) in [6, 6.07) is -0.773. The van der Waals surface area contributed by atoms with E-state index in [0.29, 0.717) is 18.6 Å². The van der Waals surface area contributed by atoms with Gasteiger partial charge in [-0.15, -0.1) is 0 Å². The molecule has 5 heteroatoms. The molecule has 0 aliphatic carbocycles. The van der Waals surface area contributed by atoms with Gasteiger partial charge in [0, 0.05) is 5.75 Å². The molecule has 1 atom stereocenters. The summed E-state index contributed by atoms with van der Waals surface area (Å²) < 4.78 is 0. The first-order valence-corrected chi connectivity index (χ1v) is 5.38. The van der Waals surface area contributed by atoms with Crippen LogP contribution in [0.3, 0.4) is 0 Å². The molecular formula is C9H15NO3S. The van der Waals surface area contributed by atoms with E-state index in [-0.39, 0.29) is 0 Å². The van der Waals surface area contributed by atoms with E-state index in [2.05, 4.69) is 11.9 Å². The normalized spacial score (nSPS) is 11.8. The molecule has 0 saturated carbocycles. The van der Waals surface area contributed by atoms with Crippen molar-refractivity contribution >= 4 is 24.1 Å². The zero-order valence-electron chi connectivity index (χ0n) is 8.16. The lowest BCUT2D eigenvalue weighted by Crippen LogP contribution is -2.36. The number of hydrogen-bond donors (Lipinski definition) is 2. The highest BCUT2D eigenvalue weighted by Gasteiger charge is 2.14. The van der Waals surface area contributed by atoms with Crippen molar-refractivity contribution in [2.45, 2.75) is 19.4 Å². The number of amides is 1. The molecular weight excluding hydrogens is 202 g/mol. The summed E-state index contributed by atoms with van der Waals surface area (Å²) in [5.41, 5.74) is 1.06. The summed E-state index contributed by atoms with van der Waals surface area (Å²) in [7, 11) is 0. The Morgan fingerprint density at radius 3 is 2.79 bits per heavy atom. The lowest BCUT2D eigenvalue weighted by molar-refractivity contribution is -0.140. The number of carboxylic acids is 1. The van der Waals surface area contributed by atoms with Crippen molar-refractivity contribution < 1.29 is 14.7 Å². The first-order valence-electron chi connectivity index (χ1n) is 4.22. The third kappa shape index (κ3) is 6.54. The van der Waals surface area contributed by atoms with Gasteiger partial charge in [-0.2, -0.15) is 11.8 Å². The Labute approximate surface area is 87.8 Å². The van der Waals surface area contributed by atoms with Gasteiger partial charge >= 0.3 is 5.97 Å². The van der Waals surface area contributed by atoms with E-state index in [4.69, 9.17) is 5.11 Å². The fraction of sp³-hybridized carbons (Fsp3) is 0.556. The Morgan fingerprint density at radius 1 is 1.71 bits per heavy atom. The highest BCUT2D eigenvalue weighted by molar-refractivity contribution is 7.99. The Kier molecular flexibility index (Phi) is 6.92. The van der Waals surface area contributed by atoms with Crippen LogP contribution in [0.5, 0.6) is 0 Å². The van der Waals surface area contributed by atoms with Gasteiger partial charge in [-0.05, 0) is 19.1 Å². The van der Waals surface area contributed by atoms with Crippen LogP contribution in [-0.4, -0.2) is 35.0 Å². The number of aliphatic carboxylic acids is 1. The summed E-state index contributed by atoms with van der Waals surface area (Å²) in [5.74, 6) is 0.533. The van der Waals surface area contributed by atoms with E-state index in [1.54, 1.807) is 11.8 Å². The van der Waals surface area contributed by atoms with Gasteiger partial charge in [0.05, 0.1) is 0 Å². The predicted octanol–water partition coefficient (Wildman–Crippen LogP) is 0.885. The topological polar surface area (TPSA) is 66.4 Å². The van der Waals surface area contributed by atoms with Crippen LogP contribution in [0.15, 0.2) is 12.2 Å². The molecule has 1 unspecified atom stereocenters. The second-order valence-electron chi connectivity index (χ2n) is 2.97. The lowest BCUT2D eigenvalue weighted by atomic mass is 10.2. The van der Waals surface area contributed by atoms with Crippen LogP contribution in [0.25, 0.3) is 0 Å². The first kappa shape index (κ1) is 13.0. The minimum atomic E-state index is -0.993. The maximum atomic E-state index is 10.6. The second-order valence-corrected chi connectivity index (χ2v) is 4.08. The number of carboxylic acid groups (broad SMARTS) is 1. The van der Waals surface area contributed by atoms with Gasteiger partial charge in [0.2, 0.25) is 6.41 Å². The van der Waals surface area contributed by atoms with Crippen molar-refractivity contribution in [1.82, 2.24) is 5.32 Å². The SMILES string of the molecule is C=C(C)CSCCC(NC=O)C(=O)O. The Morgan fingerprint density at radius 2 is 2.36 bits per heavy atom. The van der Waals surface area contributed by atoms with Crippen LogP contribution in [-0.2, 0) is 9.59 Å². The summed E-state index contributed by atoms with van der Waals surface area (Å²) in [4.78, 5) is 20.6. The zero-order valence-corrected chi connectivity index (χ0v) is 8.97. The molecule has 0 aliphatic heterocycles. The van der Waals surface area contributed by atoms with Crippen LogP contribution in [0.2, 0.25) is 0 Å². The summed E-state index contributed by atoms with van der Waals surface area (Å²) >= 11 is 1.61. The number of carbonyl (C=O) groups excluding carboxylic acids is 1. The van der Waals surface area contributed by atoms with Crippen LogP contribution < -0.4 is 5.32 Å². The number of carbonyl (C=O) groups is 2. The van der Waals surface area contributed by atoms with Crippen molar-refractivity contribution in [3.05, 3.63) is 12.2 Å². The largest absolute Gasteiger partial charge is 0.480 e. The summed E-state index contributed by atoms with van der Waals surface area (Å²) in [6.07, 6.45) is 0.855. The van der Waals surface area contributed by atoms with Gasteiger partial charge in [-0.1, -0.05) is 12.2 Å². The highest BCUT2D eigenvalue weighted by Crippen LogP contribution is 2.08. The molecule has 0 heterocycles. The summed E-state index contributed by atoms with van der Waals surface area (Å²) in [5, 5.41) is 10.9. The molecule has 0 aromatic carbocycles. The molecule has 0 spiro atoms. The molecule has 0 rings (SSSR count). The average molecular weight is 217 g/mol. The molecule has 80 valence electrons. The van der Waals surface area contributed by atoms with Crippen LogP contribution in [0.1, 0.15) is 13.3 Å². The van der Waals surface area contributed by atoms with Crippen molar-refractivity contribution in [3.63, 3.8) is 0 Å². The first-order chi connectivity index (χ1) is 6.57. The molecule has 0 radical (unpaired) electrons. The molecule has 0 aromatic heterocycles. The molecule has 0 fully saturated rings. The summed E-state index contributed by atoms with van der Waals surface area (Å²) in [6.45, 7) is 5.66. The van der Waals surface area contributed by atoms with Gasteiger partial charge in [0.15, 0.2) is 0 Å². The fourth-order valence-electron chi connectivity index (χ4n) is 0.808. The Bertz CT molecular complexity index is 218. The molecule has 0 aliphatic rings. The monoisotopic (exact) mass is 217 g/mol. The van der Waals surface area contributed by atoms with E-state index in [0.717, 1.165) is 11.3 Å². The standard InChI is InChI=1S/C9H15NO3S/c1-7(2)5-14-4-3-8(9(12)13)10-6-11/h6,8H,1,3-5H2,2H3,(H,10,11)(H,12,13). The van der Waals surface area contributed by atoms with Crippen molar-refractivity contribution in [2.24, 2.45) is 0 Å².